The van der Waals surface area contributed by atoms with E-state index in [0.29, 0.717) is 35.2 Å². The largest absolute Gasteiger partial charge is 0.274 e. The summed E-state index contributed by atoms with van der Waals surface area (Å²) in [5.74, 6) is 6.30. The highest BCUT2D eigenvalue weighted by Gasteiger charge is 2.60. The summed E-state index contributed by atoms with van der Waals surface area (Å²) in [5, 5.41) is 0. The van der Waals surface area contributed by atoms with Gasteiger partial charge < -0.3 is 0 Å². The fourth-order valence-electron chi connectivity index (χ4n) is 15.1. The van der Waals surface area contributed by atoms with Crippen LogP contribution in [0.1, 0.15) is 105 Å². The summed E-state index contributed by atoms with van der Waals surface area (Å²) in [5.41, 5.74) is 1.22. The average molecular weight is 577 g/mol. The van der Waals surface area contributed by atoms with Gasteiger partial charge in [-0.25, -0.2) is 0 Å². The lowest BCUT2D eigenvalue weighted by atomic mass is 9.47. The highest BCUT2D eigenvalue weighted by atomic mass is 15.7. The van der Waals surface area contributed by atoms with E-state index in [0.717, 1.165) is 47.6 Å². The van der Waals surface area contributed by atoms with Crippen molar-refractivity contribution in [2.24, 2.45) is 46.3 Å². The summed E-state index contributed by atoms with van der Waals surface area (Å²) in [7, 11) is 0. The number of hydrogen-bond acceptors (Lipinski definition) is 6. The Morgan fingerprint density at radius 2 is 0.786 bits per heavy atom. The van der Waals surface area contributed by atoms with Crippen LogP contribution >= 0.6 is 0 Å². The molecule has 0 aromatic rings. The Kier molecular flexibility index (Phi) is 5.89. The van der Waals surface area contributed by atoms with E-state index in [1.165, 1.54) is 78.3 Å². The van der Waals surface area contributed by atoms with Gasteiger partial charge in [-0.05, 0) is 151 Å². The lowest BCUT2D eigenvalue weighted by Crippen LogP contribution is -2.84. The Labute approximate surface area is 256 Å². The predicted molar refractivity (Wildman–Crippen MR) is 167 cm³/mol. The minimum absolute atomic E-state index is 0.571. The second kappa shape index (κ2) is 9.18. The highest BCUT2D eigenvalue weighted by Crippen LogP contribution is 2.63. The van der Waals surface area contributed by atoms with Gasteiger partial charge in [0.2, 0.25) is 0 Å². The molecule has 42 heavy (non-hydrogen) atoms. The van der Waals surface area contributed by atoms with Crippen molar-refractivity contribution in [3.8, 4) is 0 Å². The summed E-state index contributed by atoms with van der Waals surface area (Å²) >= 11 is 0. The van der Waals surface area contributed by atoms with Gasteiger partial charge in [0.15, 0.2) is 0 Å². The van der Waals surface area contributed by atoms with Crippen LogP contribution in [-0.4, -0.2) is 106 Å². The molecule has 4 aliphatic heterocycles. The number of hydrogen-bond donors (Lipinski definition) is 0. The van der Waals surface area contributed by atoms with Gasteiger partial charge in [-0.1, -0.05) is 0 Å². The molecule has 4 saturated heterocycles. The minimum Gasteiger partial charge on any atom is -0.274 e. The predicted octanol–water partition coefficient (Wildman–Crippen LogP) is 5.32. The standard InChI is InChI=1S/C36H60N6/c1-23-17-37-19-40(26(4)36-14-30-8-31(15-36)10-32(9-30)16-36)22-42-24(2)18-38-20-39(21-41(23)33(38)34(37)42)25(3)35-11-27-5-28(12-35)7-29(6-27)13-35/h23-34H,5-22H2,1-4H3/t23-,24+,25?,26?,27?,28?,29?,30?,31?,32?,33?,34?,35?,36?. The summed E-state index contributed by atoms with van der Waals surface area (Å²) in [6, 6.07) is 2.72. The van der Waals surface area contributed by atoms with Crippen molar-refractivity contribution < 1.29 is 0 Å². The first kappa shape index (κ1) is 26.9. The zero-order valence-corrected chi connectivity index (χ0v) is 27.3. The summed E-state index contributed by atoms with van der Waals surface area (Å²) in [4.78, 5) is 17.8. The molecule has 4 unspecified atom stereocenters. The molecule has 8 aliphatic carbocycles. The summed E-state index contributed by atoms with van der Waals surface area (Å²) in [6.07, 6.45) is 19.7. The zero-order chi connectivity index (χ0) is 28.1. The van der Waals surface area contributed by atoms with Crippen molar-refractivity contribution in [2.75, 3.05) is 39.8 Å². The quantitative estimate of drug-likeness (QED) is 0.448. The monoisotopic (exact) mass is 576 g/mol. The van der Waals surface area contributed by atoms with Crippen LogP contribution in [0.25, 0.3) is 0 Å². The molecule has 12 fully saturated rings. The van der Waals surface area contributed by atoms with E-state index < -0.39 is 0 Å². The smallest absolute Gasteiger partial charge is 0.0946 e. The maximum Gasteiger partial charge on any atom is 0.0946 e. The van der Waals surface area contributed by atoms with Gasteiger partial charge in [-0.15, -0.1) is 0 Å². The third-order valence-electron chi connectivity index (χ3n) is 16.3. The molecule has 0 N–H and O–H groups in total. The maximum absolute atomic E-state index is 2.97. The molecule has 0 aromatic heterocycles. The Balaban J connectivity index is 0.895. The molecule has 12 rings (SSSR count). The van der Waals surface area contributed by atoms with Gasteiger partial charge >= 0.3 is 0 Å². The molecule has 0 radical (unpaired) electrons. The number of nitrogens with zero attached hydrogens (tertiary/aromatic N) is 6. The van der Waals surface area contributed by atoms with Crippen molar-refractivity contribution in [3.05, 3.63) is 0 Å². The van der Waals surface area contributed by atoms with Crippen molar-refractivity contribution in [2.45, 2.75) is 141 Å². The molecular formula is C36H60N6. The fraction of sp³-hybridized carbons (Fsp3) is 1.00. The molecule has 12 aliphatic rings. The molecule has 0 amide bonds. The minimum atomic E-state index is 0.571. The molecule has 6 heteroatoms. The van der Waals surface area contributed by atoms with E-state index in [1.54, 1.807) is 38.5 Å². The van der Waals surface area contributed by atoms with Crippen LogP contribution in [0, 0.1) is 46.3 Å². The number of rotatable bonds is 4. The SMILES string of the molecule is CC(N1CN2C[C@H](C)N3CN(C(C)C45CC6CC(CC(C6)C4)C5)CN4C[C@@H](C)N(C1)C2C43)C12CC3CC(CC(C3)C1)C2. The maximum atomic E-state index is 2.97. The van der Waals surface area contributed by atoms with E-state index in [4.69, 9.17) is 0 Å². The van der Waals surface area contributed by atoms with Crippen LogP contribution in [0.3, 0.4) is 0 Å². The van der Waals surface area contributed by atoms with Crippen molar-refractivity contribution >= 4 is 0 Å². The van der Waals surface area contributed by atoms with Crippen molar-refractivity contribution in [1.29, 1.82) is 0 Å². The lowest BCUT2D eigenvalue weighted by molar-refractivity contribution is -0.274. The Morgan fingerprint density at radius 3 is 1.10 bits per heavy atom. The molecule has 8 saturated carbocycles. The second-order valence-corrected chi connectivity index (χ2v) is 18.8. The Morgan fingerprint density at radius 1 is 0.476 bits per heavy atom. The number of piperazine rings is 2. The fourth-order valence-corrected chi connectivity index (χ4v) is 15.1. The first-order valence-corrected chi connectivity index (χ1v) is 18.7. The topological polar surface area (TPSA) is 19.4 Å². The average Bonchev–Trinajstić information content (AvgIpc) is 2.94. The summed E-state index contributed by atoms with van der Waals surface area (Å²) < 4.78 is 0. The van der Waals surface area contributed by atoms with E-state index in [2.05, 4.69) is 57.1 Å². The zero-order valence-electron chi connectivity index (χ0n) is 27.3. The van der Waals surface area contributed by atoms with Crippen LogP contribution in [0.2, 0.25) is 0 Å². The third-order valence-corrected chi connectivity index (χ3v) is 16.3. The summed E-state index contributed by atoms with van der Waals surface area (Å²) in [6.45, 7) is 17.7. The Bertz CT molecular complexity index is 936. The Hall–Kier alpha value is -0.240. The first-order valence-electron chi connectivity index (χ1n) is 18.7. The van der Waals surface area contributed by atoms with Gasteiger partial charge in [0.25, 0.3) is 0 Å². The van der Waals surface area contributed by atoms with Crippen molar-refractivity contribution in [1.82, 2.24) is 29.4 Å². The van der Waals surface area contributed by atoms with Crippen LogP contribution in [0.15, 0.2) is 0 Å². The van der Waals surface area contributed by atoms with E-state index in [9.17, 15) is 0 Å². The molecule has 234 valence electrons. The lowest BCUT2D eigenvalue weighted by Gasteiger charge is -2.69. The second-order valence-electron chi connectivity index (χ2n) is 18.8. The molecule has 6 nitrogen and oxygen atoms in total. The van der Waals surface area contributed by atoms with E-state index in [1.807, 2.05) is 0 Å². The molecule has 4 heterocycles. The molecule has 6 atom stereocenters. The van der Waals surface area contributed by atoms with Gasteiger partial charge in [-0.2, -0.15) is 0 Å². The highest BCUT2D eigenvalue weighted by molar-refractivity contribution is 5.10. The molecule has 8 bridgehead atoms. The molecule has 0 aromatic carbocycles. The molecule has 0 spiro atoms. The van der Waals surface area contributed by atoms with Crippen LogP contribution in [-0.2, 0) is 0 Å². The van der Waals surface area contributed by atoms with E-state index >= 15 is 0 Å². The molecular weight excluding hydrogens is 516 g/mol. The van der Waals surface area contributed by atoms with Crippen molar-refractivity contribution in [3.63, 3.8) is 0 Å². The van der Waals surface area contributed by atoms with Gasteiger partial charge in [0, 0.05) is 37.3 Å². The third kappa shape index (κ3) is 3.78. The first-order chi connectivity index (χ1) is 20.3. The van der Waals surface area contributed by atoms with E-state index in [-0.39, 0.29) is 0 Å². The van der Waals surface area contributed by atoms with Gasteiger partial charge in [-0.3, -0.25) is 29.4 Å². The van der Waals surface area contributed by atoms with Gasteiger partial charge in [0.1, 0.15) is 0 Å². The van der Waals surface area contributed by atoms with Gasteiger partial charge in [0.05, 0.1) is 39.0 Å². The normalized spacial score (nSPS) is 55.7. The van der Waals surface area contributed by atoms with Crippen LogP contribution < -0.4 is 0 Å². The van der Waals surface area contributed by atoms with Crippen LogP contribution in [0.5, 0.6) is 0 Å². The van der Waals surface area contributed by atoms with Crippen LogP contribution in [0.4, 0.5) is 0 Å².